The summed E-state index contributed by atoms with van der Waals surface area (Å²) >= 11 is 1.50. The third kappa shape index (κ3) is 6.57. The molecule has 1 fully saturated rings. The van der Waals surface area contributed by atoms with Crippen LogP contribution in [0.2, 0.25) is 0 Å². The molecule has 1 aliphatic rings. The van der Waals surface area contributed by atoms with E-state index in [1.807, 2.05) is 13.0 Å². The van der Waals surface area contributed by atoms with Crippen LogP contribution in [0.3, 0.4) is 0 Å². The van der Waals surface area contributed by atoms with Gasteiger partial charge in [0.25, 0.3) is 0 Å². The summed E-state index contributed by atoms with van der Waals surface area (Å²) in [6.45, 7) is 11.4. The van der Waals surface area contributed by atoms with Gasteiger partial charge in [0.15, 0.2) is 0 Å². The molecule has 3 aromatic rings. The first-order valence-corrected chi connectivity index (χ1v) is 11.1. The maximum Gasteiger partial charge on any atom is 0.220 e. The molecule has 0 unspecified atom stereocenters. The molecule has 1 aliphatic heterocycles. The zero-order valence-corrected chi connectivity index (χ0v) is 19.2. The van der Waals surface area contributed by atoms with Gasteiger partial charge in [-0.1, -0.05) is 30.9 Å². The number of morpholine rings is 1. The van der Waals surface area contributed by atoms with E-state index in [9.17, 15) is 0 Å². The molecule has 8 heteroatoms. The largest absolute Gasteiger partial charge is 0.378 e. The Morgan fingerprint density at radius 2 is 1.88 bits per heavy atom. The first kappa shape index (κ1) is 23.3. The zero-order chi connectivity index (χ0) is 22.9. The van der Waals surface area contributed by atoms with Crippen molar-refractivity contribution in [2.45, 2.75) is 13.8 Å². The summed E-state index contributed by atoms with van der Waals surface area (Å²) in [7, 11) is 0. The number of anilines is 2. The van der Waals surface area contributed by atoms with Crippen LogP contribution in [0.4, 0.5) is 11.6 Å². The highest BCUT2D eigenvalue weighted by Gasteiger charge is 2.12. The number of para-hydroxylation sites is 1. The number of aryl methyl sites for hydroxylation is 1. The van der Waals surface area contributed by atoms with Crippen LogP contribution in [0.5, 0.6) is 0 Å². The molecule has 2 aromatic heterocycles. The minimum Gasteiger partial charge on any atom is -0.378 e. The predicted octanol–water partition coefficient (Wildman–Crippen LogP) is 4.62. The van der Waals surface area contributed by atoms with Crippen molar-refractivity contribution in [1.29, 1.82) is 5.41 Å². The van der Waals surface area contributed by atoms with E-state index < -0.39 is 0 Å². The fraction of sp³-hybridized carbons (Fsp3) is 0.250. The lowest BCUT2D eigenvalue weighted by Gasteiger charge is -2.28. The topological polar surface area (TPSA) is 101 Å². The number of hydrogen-bond acceptors (Lipinski definition) is 8. The van der Waals surface area contributed by atoms with E-state index in [1.54, 1.807) is 31.3 Å². The molecule has 1 aromatic carbocycles. The SMILES string of the molecule is C=C(/C=C\C(C)=N)c1nc(C)c(-c2ccnc(N)n2)s1.c1ccc(N2CCOCC2)cc1. The molecule has 4 rings (SSSR count). The summed E-state index contributed by atoms with van der Waals surface area (Å²) in [6.07, 6.45) is 5.11. The number of rotatable bonds is 5. The number of nitrogens with two attached hydrogens (primary N) is 1. The van der Waals surface area contributed by atoms with Crippen molar-refractivity contribution in [2.75, 3.05) is 36.9 Å². The Bertz CT molecular complexity index is 1090. The van der Waals surface area contributed by atoms with Crippen LogP contribution >= 0.6 is 11.3 Å². The highest BCUT2D eigenvalue weighted by Crippen LogP contribution is 2.31. The number of hydrogen-bond donors (Lipinski definition) is 2. The van der Waals surface area contributed by atoms with E-state index >= 15 is 0 Å². The number of nitrogens with zero attached hydrogens (tertiary/aromatic N) is 4. The minimum atomic E-state index is 0.245. The average molecular weight is 449 g/mol. The van der Waals surface area contributed by atoms with E-state index in [4.69, 9.17) is 15.9 Å². The van der Waals surface area contributed by atoms with Crippen LogP contribution in [0.25, 0.3) is 16.1 Å². The van der Waals surface area contributed by atoms with Gasteiger partial charge < -0.3 is 20.8 Å². The molecule has 0 radical (unpaired) electrons. The van der Waals surface area contributed by atoms with Gasteiger partial charge in [0.2, 0.25) is 5.95 Å². The van der Waals surface area contributed by atoms with Gasteiger partial charge >= 0.3 is 0 Å². The standard InChI is InChI=1S/C14H15N5S.C10H13NO/c1-8(4-5-9(2)15)13-18-10(3)12(20-13)11-6-7-17-14(16)19-11;1-2-4-10(5-3-1)11-6-8-12-9-7-11/h4-7,15H,1H2,2-3H3,(H2,16,17,19);1-5H,6-9H2/b5-4-,15-9?;. The van der Waals surface area contributed by atoms with Crippen LogP contribution in [0, 0.1) is 12.3 Å². The van der Waals surface area contributed by atoms with Gasteiger partial charge in [0.05, 0.1) is 29.5 Å². The van der Waals surface area contributed by atoms with Crippen LogP contribution in [0.15, 0.2) is 61.3 Å². The van der Waals surface area contributed by atoms with E-state index in [0.717, 1.165) is 53.1 Å². The van der Waals surface area contributed by atoms with E-state index in [-0.39, 0.29) is 5.95 Å². The van der Waals surface area contributed by atoms with E-state index in [1.165, 1.54) is 17.0 Å². The maximum atomic E-state index is 7.38. The number of nitrogen functional groups attached to an aromatic ring is 1. The molecule has 0 atom stereocenters. The molecule has 0 bridgehead atoms. The van der Waals surface area contributed by atoms with E-state index in [0.29, 0.717) is 5.71 Å². The van der Waals surface area contributed by atoms with Crippen LogP contribution in [-0.4, -0.2) is 47.0 Å². The summed E-state index contributed by atoms with van der Waals surface area (Å²) in [6, 6.07) is 12.3. The highest BCUT2D eigenvalue weighted by molar-refractivity contribution is 7.16. The van der Waals surface area contributed by atoms with Crippen molar-refractivity contribution in [1.82, 2.24) is 15.0 Å². The second-order valence-electron chi connectivity index (χ2n) is 7.21. The monoisotopic (exact) mass is 448 g/mol. The quantitative estimate of drug-likeness (QED) is 0.436. The lowest BCUT2D eigenvalue weighted by molar-refractivity contribution is 0.122. The Hall–Kier alpha value is -3.36. The molecule has 0 spiro atoms. The lowest BCUT2D eigenvalue weighted by Crippen LogP contribution is -2.36. The molecule has 32 heavy (non-hydrogen) atoms. The second kappa shape index (κ2) is 11.3. The molecule has 3 heterocycles. The van der Waals surface area contributed by atoms with Gasteiger partial charge in [-0.05, 0) is 38.1 Å². The normalized spacial score (nSPS) is 13.5. The van der Waals surface area contributed by atoms with Crippen molar-refractivity contribution in [3.63, 3.8) is 0 Å². The highest BCUT2D eigenvalue weighted by atomic mass is 32.1. The number of aromatic nitrogens is 3. The Morgan fingerprint density at radius 1 is 1.16 bits per heavy atom. The van der Waals surface area contributed by atoms with Gasteiger partial charge in [-0.15, -0.1) is 11.3 Å². The Kier molecular flexibility index (Phi) is 8.24. The van der Waals surface area contributed by atoms with Gasteiger partial charge in [-0.3, -0.25) is 0 Å². The Balaban J connectivity index is 0.000000204. The third-order valence-electron chi connectivity index (χ3n) is 4.65. The first-order valence-electron chi connectivity index (χ1n) is 10.3. The summed E-state index contributed by atoms with van der Waals surface area (Å²) < 4.78 is 5.28. The van der Waals surface area contributed by atoms with Crippen molar-refractivity contribution in [3.05, 3.63) is 72.0 Å². The number of ether oxygens (including phenoxy) is 1. The Morgan fingerprint density at radius 3 is 2.53 bits per heavy atom. The molecule has 0 aliphatic carbocycles. The van der Waals surface area contributed by atoms with Crippen molar-refractivity contribution in [3.8, 4) is 10.6 Å². The average Bonchev–Trinajstić information content (AvgIpc) is 3.21. The molecule has 0 saturated carbocycles. The summed E-state index contributed by atoms with van der Waals surface area (Å²) in [5, 5.41) is 8.19. The number of allylic oxidation sites excluding steroid dienone is 3. The first-order chi connectivity index (χ1) is 15.4. The third-order valence-corrected chi connectivity index (χ3v) is 5.90. The molecule has 1 saturated heterocycles. The lowest BCUT2D eigenvalue weighted by atomic mass is 10.2. The molecule has 166 valence electrons. The number of nitrogens with one attached hydrogen (secondary N) is 1. The van der Waals surface area contributed by atoms with Crippen LogP contribution < -0.4 is 10.6 Å². The fourth-order valence-corrected chi connectivity index (χ4v) is 4.02. The summed E-state index contributed by atoms with van der Waals surface area (Å²) in [5.41, 5.74) is 9.80. The second-order valence-corrected chi connectivity index (χ2v) is 8.21. The molecular formula is C24H28N6OS. The molecule has 7 nitrogen and oxygen atoms in total. The number of benzene rings is 1. The fourth-order valence-electron chi connectivity index (χ4n) is 3.03. The van der Waals surface area contributed by atoms with Crippen LogP contribution in [0.1, 0.15) is 17.6 Å². The molecular weight excluding hydrogens is 420 g/mol. The minimum absolute atomic E-state index is 0.245. The van der Waals surface area contributed by atoms with Crippen molar-refractivity contribution >= 4 is 34.3 Å². The maximum absolute atomic E-state index is 7.38. The molecule has 0 amide bonds. The number of thiazole rings is 1. The van der Waals surface area contributed by atoms with Gasteiger partial charge in [-0.2, -0.15) is 0 Å². The van der Waals surface area contributed by atoms with E-state index in [2.05, 4.69) is 50.7 Å². The molecule has 3 N–H and O–H groups in total. The zero-order valence-electron chi connectivity index (χ0n) is 18.4. The van der Waals surface area contributed by atoms with Gasteiger partial charge in [0.1, 0.15) is 5.01 Å². The van der Waals surface area contributed by atoms with Crippen molar-refractivity contribution in [2.24, 2.45) is 0 Å². The Labute approximate surface area is 192 Å². The summed E-state index contributed by atoms with van der Waals surface area (Å²) in [4.78, 5) is 15.9. The summed E-state index contributed by atoms with van der Waals surface area (Å²) in [5.74, 6) is 0.245. The van der Waals surface area contributed by atoms with Gasteiger partial charge in [0, 0.05) is 36.3 Å². The van der Waals surface area contributed by atoms with Crippen molar-refractivity contribution < 1.29 is 4.74 Å². The smallest absolute Gasteiger partial charge is 0.220 e. The van der Waals surface area contributed by atoms with Crippen LogP contribution in [-0.2, 0) is 4.74 Å². The predicted molar refractivity (Wildman–Crippen MR) is 133 cm³/mol. The van der Waals surface area contributed by atoms with Gasteiger partial charge in [-0.25, -0.2) is 15.0 Å².